The van der Waals surface area contributed by atoms with E-state index in [0.29, 0.717) is 11.4 Å². The van der Waals surface area contributed by atoms with Gasteiger partial charge >= 0.3 is 0 Å². The van der Waals surface area contributed by atoms with Crippen LogP contribution < -0.4 is 26.2 Å². The van der Waals surface area contributed by atoms with Crippen molar-refractivity contribution in [1.29, 1.82) is 0 Å². The lowest BCUT2D eigenvalue weighted by Crippen LogP contribution is -2.61. The van der Waals surface area contributed by atoms with Gasteiger partial charge in [0, 0.05) is 45.7 Å². The van der Waals surface area contributed by atoms with E-state index in [4.69, 9.17) is 0 Å². The lowest BCUT2D eigenvalue weighted by molar-refractivity contribution is 0.583. The molecule has 3 heterocycles. The predicted octanol–water partition coefficient (Wildman–Crippen LogP) is 12.9. The first kappa shape index (κ1) is 38.9. The van der Waals surface area contributed by atoms with E-state index in [0.717, 1.165) is 95.2 Å². The third kappa shape index (κ3) is 5.85. The molecule has 0 atom stereocenters. The molecule has 10 rings (SSSR count). The second-order valence-corrected chi connectivity index (χ2v) is 19.0. The highest BCUT2D eigenvalue weighted by Crippen LogP contribution is 2.48. The molecule has 0 saturated carbocycles. The summed E-state index contributed by atoms with van der Waals surface area (Å²) in [4.78, 5) is 3.82. The maximum Gasteiger partial charge on any atom is 0.252 e. The van der Waals surface area contributed by atoms with Crippen molar-refractivity contribution in [2.45, 2.75) is 73.1 Å². The van der Waals surface area contributed by atoms with Crippen LogP contribution in [0.2, 0.25) is 0 Å². The number of hydrogen-bond acceptors (Lipinski definition) is 2. The average Bonchev–Trinajstić information content (AvgIpc) is 3.57. The van der Waals surface area contributed by atoms with E-state index in [1.54, 1.807) is 0 Å². The molecular formula is C53H46BF4N3. The zero-order valence-electron chi connectivity index (χ0n) is 35.9. The first-order chi connectivity index (χ1) is 28.9. The minimum Gasteiger partial charge on any atom is -0.309 e. The van der Waals surface area contributed by atoms with Gasteiger partial charge in [-0.15, -0.1) is 0 Å². The summed E-state index contributed by atoms with van der Waals surface area (Å²) in [6.07, 6.45) is 0. The van der Waals surface area contributed by atoms with Gasteiger partial charge in [-0.3, -0.25) is 0 Å². The fourth-order valence-corrected chi connectivity index (χ4v) is 9.85. The van der Waals surface area contributed by atoms with Gasteiger partial charge in [0.15, 0.2) is 0 Å². The molecule has 304 valence electrons. The third-order valence-corrected chi connectivity index (χ3v) is 12.9. The molecule has 0 radical (unpaired) electrons. The van der Waals surface area contributed by atoms with Gasteiger partial charge in [0.25, 0.3) is 6.71 Å². The van der Waals surface area contributed by atoms with Crippen molar-refractivity contribution in [2.24, 2.45) is 0 Å². The molecule has 0 amide bonds. The quantitative estimate of drug-likeness (QED) is 0.130. The maximum atomic E-state index is 16.6. The molecule has 8 heteroatoms. The number of para-hydroxylation sites is 1. The maximum absolute atomic E-state index is 16.6. The number of aryl methyl sites for hydroxylation is 3. The molecule has 0 spiro atoms. The Morgan fingerprint density at radius 2 is 0.934 bits per heavy atom. The van der Waals surface area contributed by atoms with Crippen LogP contribution in [0.3, 0.4) is 0 Å². The molecule has 61 heavy (non-hydrogen) atoms. The number of nitrogens with zero attached hydrogens (tertiary/aromatic N) is 3. The molecule has 0 bridgehead atoms. The molecule has 2 aliphatic heterocycles. The van der Waals surface area contributed by atoms with Crippen LogP contribution in [0.5, 0.6) is 0 Å². The summed E-state index contributed by atoms with van der Waals surface area (Å²) in [5.41, 5.74) is 13.8. The minimum atomic E-state index is -0.713. The number of halogens is 4. The highest BCUT2D eigenvalue weighted by molar-refractivity contribution is 7.00. The van der Waals surface area contributed by atoms with Crippen molar-refractivity contribution in [2.75, 3.05) is 9.80 Å². The van der Waals surface area contributed by atoms with Gasteiger partial charge in [0.1, 0.15) is 23.3 Å². The van der Waals surface area contributed by atoms with E-state index in [1.165, 1.54) is 24.3 Å². The van der Waals surface area contributed by atoms with Crippen LogP contribution in [0.25, 0.3) is 27.5 Å². The number of anilines is 6. The number of benzene rings is 7. The van der Waals surface area contributed by atoms with Crippen LogP contribution in [0.1, 0.15) is 69.4 Å². The molecule has 3 nitrogen and oxygen atoms in total. The van der Waals surface area contributed by atoms with Gasteiger partial charge in [0.2, 0.25) is 0 Å². The summed E-state index contributed by atoms with van der Waals surface area (Å²) in [6.45, 7) is 19.0. The fourth-order valence-electron chi connectivity index (χ4n) is 9.85. The second kappa shape index (κ2) is 13.4. The van der Waals surface area contributed by atoms with E-state index in [-0.39, 0.29) is 28.9 Å². The Bertz CT molecular complexity index is 3030. The van der Waals surface area contributed by atoms with Crippen molar-refractivity contribution in [3.05, 3.63) is 166 Å². The zero-order valence-corrected chi connectivity index (χ0v) is 35.9. The normalized spacial score (nSPS) is 13.6. The first-order valence-electron chi connectivity index (χ1n) is 20.9. The molecule has 0 fully saturated rings. The van der Waals surface area contributed by atoms with Crippen molar-refractivity contribution < 1.29 is 17.6 Å². The van der Waals surface area contributed by atoms with E-state index >= 15 is 8.78 Å². The van der Waals surface area contributed by atoms with Gasteiger partial charge in [-0.1, -0.05) is 96.1 Å². The Balaban J connectivity index is 1.42. The first-order valence-corrected chi connectivity index (χ1v) is 20.9. The Morgan fingerprint density at radius 3 is 1.43 bits per heavy atom. The van der Waals surface area contributed by atoms with E-state index in [9.17, 15) is 8.78 Å². The Kier molecular flexibility index (Phi) is 8.52. The molecule has 2 aliphatic rings. The summed E-state index contributed by atoms with van der Waals surface area (Å²) in [5, 5.41) is 2.23. The lowest BCUT2D eigenvalue weighted by Gasteiger charge is -2.45. The number of rotatable bonds is 3. The standard InChI is InChI=1S/C53H46BF4N3/c1-29-13-14-31(3)51-48(29)37-12-10-11-30(2)50(37)59(51)36-27-46-49-47(28-36)61(45-22-18-35(56)26-41(45)58)43-20-16-33(53(7,8)9)24-39(43)54(49)38-23-32(52(4,5)6)15-19-42(38)60(46)44-21-17-34(55)25-40(44)57/h10-28H,1-9H3. The minimum absolute atomic E-state index is 0.183. The number of aromatic nitrogens is 1. The highest BCUT2D eigenvalue weighted by Gasteiger charge is 2.45. The van der Waals surface area contributed by atoms with Crippen LogP contribution >= 0.6 is 0 Å². The SMILES string of the molecule is Cc1ccc(C)c2c1c1cccc(C)c1n2-c1cc2c3c(c1)N(c1ccc(F)cc1F)c1ccc(C(C)(C)C)cc1B3c1cc(C(C)(C)C)ccc1N2c1ccc(F)cc1F. The smallest absolute Gasteiger partial charge is 0.252 e. The van der Waals surface area contributed by atoms with Gasteiger partial charge in [-0.2, -0.15) is 0 Å². The largest absolute Gasteiger partial charge is 0.309 e. The number of fused-ring (bicyclic) bond motifs is 7. The van der Waals surface area contributed by atoms with E-state index < -0.39 is 23.3 Å². The summed E-state index contributed by atoms with van der Waals surface area (Å²) in [7, 11) is 0. The molecule has 0 saturated heterocycles. The Labute approximate surface area is 355 Å². The average molecular weight is 812 g/mol. The van der Waals surface area contributed by atoms with Gasteiger partial charge in [0.05, 0.1) is 28.1 Å². The molecule has 0 aliphatic carbocycles. The summed E-state index contributed by atoms with van der Waals surface area (Å²) >= 11 is 0. The molecule has 7 aromatic carbocycles. The predicted molar refractivity (Wildman–Crippen MR) is 246 cm³/mol. The topological polar surface area (TPSA) is 11.4 Å². The van der Waals surface area contributed by atoms with Crippen molar-refractivity contribution >= 4 is 79.0 Å². The van der Waals surface area contributed by atoms with Crippen LogP contribution in [-0.2, 0) is 10.8 Å². The Morgan fingerprint density at radius 1 is 0.459 bits per heavy atom. The van der Waals surface area contributed by atoms with Crippen LogP contribution in [0.15, 0.2) is 115 Å². The summed E-state index contributed by atoms with van der Waals surface area (Å²) in [6, 6.07) is 35.0. The van der Waals surface area contributed by atoms with Crippen LogP contribution in [0, 0.1) is 44.0 Å². The molecule has 0 N–H and O–H groups in total. The van der Waals surface area contributed by atoms with Crippen LogP contribution in [-0.4, -0.2) is 11.3 Å². The van der Waals surface area contributed by atoms with Crippen molar-refractivity contribution in [1.82, 2.24) is 4.57 Å². The molecular weight excluding hydrogens is 765 g/mol. The van der Waals surface area contributed by atoms with Gasteiger partial charge in [-0.05, 0) is 124 Å². The van der Waals surface area contributed by atoms with Gasteiger partial charge < -0.3 is 14.4 Å². The van der Waals surface area contributed by atoms with Gasteiger partial charge in [-0.25, -0.2) is 17.6 Å². The molecule has 0 unspecified atom stereocenters. The second-order valence-electron chi connectivity index (χ2n) is 19.0. The summed E-state index contributed by atoms with van der Waals surface area (Å²) < 4.78 is 65.1. The molecule has 1 aromatic heterocycles. The lowest BCUT2D eigenvalue weighted by atomic mass is 9.33. The molecule has 8 aromatic rings. The van der Waals surface area contributed by atoms with E-state index in [2.05, 4.69) is 146 Å². The van der Waals surface area contributed by atoms with Crippen molar-refractivity contribution in [3.8, 4) is 5.69 Å². The number of hydrogen-bond donors (Lipinski definition) is 0. The van der Waals surface area contributed by atoms with Crippen molar-refractivity contribution in [3.63, 3.8) is 0 Å². The Hall–Kier alpha value is -6.28. The highest BCUT2D eigenvalue weighted by atomic mass is 19.1. The fraction of sp³-hybridized carbons (Fsp3) is 0.208. The monoisotopic (exact) mass is 811 g/mol. The third-order valence-electron chi connectivity index (χ3n) is 12.9. The van der Waals surface area contributed by atoms with E-state index in [1.807, 2.05) is 9.80 Å². The van der Waals surface area contributed by atoms with Crippen LogP contribution in [0.4, 0.5) is 51.7 Å². The zero-order chi connectivity index (χ0) is 43.0. The summed E-state index contributed by atoms with van der Waals surface area (Å²) in [5.74, 6) is -2.78.